The summed E-state index contributed by atoms with van der Waals surface area (Å²) in [4.78, 5) is 21.9. The third-order valence-corrected chi connectivity index (χ3v) is 2.91. The number of carbonyl (C=O) groups excluding carboxylic acids is 1. The van der Waals surface area contributed by atoms with Gasteiger partial charge in [-0.3, -0.25) is 4.79 Å². The summed E-state index contributed by atoms with van der Waals surface area (Å²) in [6.07, 6.45) is -4.07. The topological polar surface area (TPSA) is 66.4 Å². The Morgan fingerprint density at radius 1 is 1.27 bits per heavy atom. The molecule has 4 nitrogen and oxygen atoms in total. The molecule has 0 spiro atoms. The molecule has 0 radical (unpaired) electrons. The van der Waals surface area contributed by atoms with Crippen LogP contribution in [-0.4, -0.2) is 29.7 Å². The molecule has 0 aliphatic heterocycles. The first-order valence-electron chi connectivity index (χ1n) is 6.48. The van der Waals surface area contributed by atoms with Gasteiger partial charge in [0.1, 0.15) is 6.67 Å². The molecule has 0 fully saturated rings. The second-order valence-electron chi connectivity index (χ2n) is 4.66. The first-order valence-corrected chi connectivity index (χ1v) is 6.48. The Labute approximate surface area is 124 Å². The van der Waals surface area contributed by atoms with Crippen molar-refractivity contribution in [2.75, 3.05) is 6.67 Å². The molecule has 1 aromatic carbocycles. The number of nitrogens with one attached hydrogen (secondary N) is 1. The van der Waals surface area contributed by atoms with Gasteiger partial charge in [-0.25, -0.2) is 9.18 Å². The summed E-state index contributed by atoms with van der Waals surface area (Å²) in [6, 6.07) is 3.14. The lowest BCUT2D eigenvalue weighted by Crippen LogP contribution is -2.42. The zero-order valence-electron chi connectivity index (χ0n) is 11.5. The van der Waals surface area contributed by atoms with Crippen LogP contribution in [0.3, 0.4) is 0 Å². The fourth-order valence-corrected chi connectivity index (χ4v) is 1.79. The predicted molar refractivity (Wildman–Crippen MR) is 69.9 cm³/mol. The molecule has 1 rings (SSSR count). The number of carbonyl (C=O) groups is 2. The average molecular weight is 321 g/mol. The quantitative estimate of drug-likeness (QED) is 0.759. The number of carboxylic acids is 1. The molecule has 0 aliphatic rings. The lowest BCUT2D eigenvalue weighted by atomic mass is 10.0. The van der Waals surface area contributed by atoms with E-state index in [2.05, 4.69) is 0 Å². The number of benzene rings is 1. The van der Waals surface area contributed by atoms with Gasteiger partial charge in [-0.1, -0.05) is 18.2 Å². The van der Waals surface area contributed by atoms with E-state index < -0.39 is 36.3 Å². The largest absolute Gasteiger partial charge is 0.480 e. The molecular weight excluding hydrogens is 306 g/mol. The minimum Gasteiger partial charge on any atom is -0.480 e. The van der Waals surface area contributed by atoms with Crippen LogP contribution in [0.25, 0.3) is 0 Å². The number of carboxylic acid groups (broad SMARTS) is 1. The third-order valence-electron chi connectivity index (χ3n) is 2.91. The van der Waals surface area contributed by atoms with Crippen LogP contribution in [0.5, 0.6) is 0 Å². The second-order valence-corrected chi connectivity index (χ2v) is 4.66. The van der Waals surface area contributed by atoms with Gasteiger partial charge in [-0.15, -0.1) is 0 Å². The van der Waals surface area contributed by atoms with Crippen LogP contribution in [0.15, 0.2) is 24.3 Å². The molecule has 0 heterocycles. The van der Waals surface area contributed by atoms with Crippen molar-refractivity contribution in [3.63, 3.8) is 0 Å². The maximum Gasteiger partial charge on any atom is 0.416 e. The Balaban J connectivity index is 2.47. The number of aliphatic carboxylic acids is 1. The van der Waals surface area contributed by atoms with Crippen LogP contribution in [0.1, 0.15) is 24.0 Å². The van der Waals surface area contributed by atoms with Crippen molar-refractivity contribution in [1.82, 2.24) is 5.32 Å². The number of hydrogen-bond donors (Lipinski definition) is 2. The lowest BCUT2D eigenvalue weighted by molar-refractivity contribution is -0.142. The average Bonchev–Trinajstić information content (AvgIpc) is 2.44. The molecule has 0 aromatic heterocycles. The van der Waals surface area contributed by atoms with E-state index in [9.17, 15) is 27.2 Å². The number of alkyl halides is 4. The van der Waals surface area contributed by atoms with Gasteiger partial charge in [-0.2, -0.15) is 13.2 Å². The Bertz CT molecular complexity index is 531. The van der Waals surface area contributed by atoms with E-state index in [0.717, 1.165) is 12.1 Å². The zero-order valence-corrected chi connectivity index (χ0v) is 11.5. The van der Waals surface area contributed by atoms with Gasteiger partial charge in [0.25, 0.3) is 0 Å². The molecule has 0 aliphatic carbocycles. The van der Waals surface area contributed by atoms with Gasteiger partial charge in [0, 0.05) is 6.42 Å². The van der Waals surface area contributed by atoms with Crippen molar-refractivity contribution in [3.05, 3.63) is 35.4 Å². The summed E-state index contributed by atoms with van der Waals surface area (Å²) >= 11 is 0. The maximum atomic E-state index is 12.5. The van der Waals surface area contributed by atoms with Gasteiger partial charge in [0.05, 0.1) is 5.56 Å². The van der Waals surface area contributed by atoms with Gasteiger partial charge < -0.3 is 10.4 Å². The van der Waals surface area contributed by atoms with Crippen molar-refractivity contribution in [1.29, 1.82) is 0 Å². The summed E-state index contributed by atoms with van der Waals surface area (Å²) in [7, 11) is 0. The Morgan fingerprint density at radius 3 is 2.50 bits per heavy atom. The zero-order chi connectivity index (χ0) is 16.8. The van der Waals surface area contributed by atoms with Crippen LogP contribution in [0.4, 0.5) is 17.6 Å². The van der Waals surface area contributed by atoms with Crippen LogP contribution < -0.4 is 5.32 Å². The number of halogens is 4. The van der Waals surface area contributed by atoms with E-state index in [-0.39, 0.29) is 19.3 Å². The molecule has 8 heteroatoms. The van der Waals surface area contributed by atoms with Crippen LogP contribution >= 0.6 is 0 Å². The standard InChI is InChI=1S/C14H15F4NO3/c15-8-11(13(21)22)19-12(20)6-2-4-9-3-1-5-10(7-9)14(16,17)18/h1,3,5,7,11H,2,4,6,8H2,(H,19,20)(H,21,22). The lowest BCUT2D eigenvalue weighted by Gasteiger charge is -2.11. The van der Waals surface area contributed by atoms with Crippen molar-refractivity contribution in [3.8, 4) is 0 Å². The van der Waals surface area contributed by atoms with E-state index in [1.165, 1.54) is 12.1 Å². The third kappa shape index (κ3) is 5.71. The van der Waals surface area contributed by atoms with Gasteiger partial charge in [0.15, 0.2) is 6.04 Å². The van der Waals surface area contributed by atoms with E-state index in [0.29, 0.717) is 5.56 Å². The predicted octanol–water partition coefficient (Wildman–Crippen LogP) is 2.57. The molecule has 22 heavy (non-hydrogen) atoms. The number of hydrogen-bond acceptors (Lipinski definition) is 2. The summed E-state index contributed by atoms with van der Waals surface area (Å²) in [5, 5.41) is 10.6. The molecule has 1 aromatic rings. The summed E-state index contributed by atoms with van der Waals surface area (Å²) in [5.74, 6) is -2.13. The van der Waals surface area contributed by atoms with Crippen LogP contribution in [-0.2, 0) is 22.2 Å². The fourth-order valence-electron chi connectivity index (χ4n) is 1.79. The van der Waals surface area contributed by atoms with E-state index in [1.54, 1.807) is 0 Å². The van der Waals surface area contributed by atoms with Crippen LogP contribution in [0, 0.1) is 0 Å². The monoisotopic (exact) mass is 321 g/mol. The summed E-state index contributed by atoms with van der Waals surface area (Å²) in [6.45, 7) is -1.23. The van der Waals surface area contributed by atoms with Crippen molar-refractivity contribution in [2.45, 2.75) is 31.5 Å². The molecule has 0 bridgehead atoms. The van der Waals surface area contributed by atoms with Crippen molar-refractivity contribution < 1.29 is 32.3 Å². The van der Waals surface area contributed by atoms with Crippen molar-refractivity contribution >= 4 is 11.9 Å². The number of amides is 1. The van der Waals surface area contributed by atoms with Crippen LogP contribution in [0.2, 0.25) is 0 Å². The maximum absolute atomic E-state index is 12.5. The molecule has 0 saturated carbocycles. The van der Waals surface area contributed by atoms with E-state index in [4.69, 9.17) is 5.11 Å². The molecule has 122 valence electrons. The Morgan fingerprint density at radius 2 is 1.95 bits per heavy atom. The molecule has 1 amide bonds. The summed E-state index contributed by atoms with van der Waals surface area (Å²) in [5.41, 5.74) is -0.347. The minimum atomic E-state index is -4.43. The highest BCUT2D eigenvalue weighted by atomic mass is 19.4. The number of aryl methyl sites for hydroxylation is 1. The van der Waals surface area contributed by atoms with Gasteiger partial charge in [-0.05, 0) is 24.5 Å². The molecular formula is C14H15F4NO3. The van der Waals surface area contributed by atoms with Gasteiger partial charge >= 0.3 is 12.1 Å². The highest BCUT2D eigenvalue weighted by molar-refractivity contribution is 5.83. The van der Waals surface area contributed by atoms with E-state index >= 15 is 0 Å². The number of rotatable bonds is 7. The highest BCUT2D eigenvalue weighted by Crippen LogP contribution is 2.29. The van der Waals surface area contributed by atoms with Gasteiger partial charge in [0.2, 0.25) is 5.91 Å². The molecule has 1 unspecified atom stereocenters. The Hall–Kier alpha value is -2.12. The fraction of sp³-hybridized carbons (Fsp3) is 0.429. The first-order chi connectivity index (χ1) is 10.2. The molecule has 1 atom stereocenters. The summed E-state index contributed by atoms with van der Waals surface area (Å²) < 4.78 is 49.9. The molecule has 2 N–H and O–H groups in total. The smallest absolute Gasteiger partial charge is 0.416 e. The SMILES string of the molecule is O=C(CCCc1cccc(C(F)(F)F)c1)NC(CF)C(=O)O. The minimum absolute atomic E-state index is 0.0972. The molecule has 0 saturated heterocycles. The van der Waals surface area contributed by atoms with E-state index in [1.807, 2.05) is 5.32 Å². The first kappa shape index (κ1) is 17.9. The van der Waals surface area contributed by atoms with Crippen molar-refractivity contribution in [2.24, 2.45) is 0 Å². The highest BCUT2D eigenvalue weighted by Gasteiger charge is 2.30. The normalized spacial score (nSPS) is 12.7. The second kappa shape index (κ2) is 7.77. The Kier molecular flexibility index (Phi) is 6.33.